The van der Waals surface area contributed by atoms with Crippen molar-refractivity contribution in [3.05, 3.63) is 35.4 Å². The second-order valence-corrected chi connectivity index (χ2v) is 6.14. The fourth-order valence-electron chi connectivity index (χ4n) is 1.97. The molecular formula is C16H26O2. The number of methoxy groups -OCH3 is 1. The van der Waals surface area contributed by atoms with Crippen molar-refractivity contribution in [2.24, 2.45) is 0 Å². The predicted molar refractivity (Wildman–Crippen MR) is 75.8 cm³/mol. The van der Waals surface area contributed by atoms with Crippen molar-refractivity contribution in [1.82, 2.24) is 0 Å². The molecule has 18 heavy (non-hydrogen) atoms. The molecule has 0 aromatic heterocycles. The van der Waals surface area contributed by atoms with E-state index in [2.05, 4.69) is 32.9 Å². The first-order valence-electron chi connectivity index (χ1n) is 6.58. The van der Waals surface area contributed by atoms with Gasteiger partial charge in [0, 0.05) is 7.11 Å². The van der Waals surface area contributed by atoms with E-state index in [0.717, 1.165) is 12.0 Å². The topological polar surface area (TPSA) is 29.5 Å². The zero-order chi connectivity index (χ0) is 14.0. The summed E-state index contributed by atoms with van der Waals surface area (Å²) in [4.78, 5) is 0. The van der Waals surface area contributed by atoms with E-state index in [1.165, 1.54) is 5.56 Å². The van der Waals surface area contributed by atoms with Crippen LogP contribution in [0.2, 0.25) is 0 Å². The van der Waals surface area contributed by atoms with E-state index >= 15 is 0 Å². The SMILES string of the molecule is CCC(C)(OC)C(O)c1ccc(C(C)(C)C)cc1. The summed E-state index contributed by atoms with van der Waals surface area (Å²) in [6.07, 6.45) is 0.174. The molecule has 1 aromatic rings. The van der Waals surface area contributed by atoms with Crippen LogP contribution >= 0.6 is 0 Å². The van der Waals surface area contributed by atoms with Gasteiger partial charge in [-0.05, 0) is 29.9 Å². The molecule has 2 atom stereocenters. The lowest BCUT2D eigenvalue weighted by Gasteiger charge is -2.32. The molecule has 0 bridgehead atoms. The van der Waals surface area contributed by atoms with Gasteiger partial charge in [-0.25, -0.2) is 0 Å². The standard InChI is InChI=1S/C16H26O2/c1-7-16(5,18-6)14(17)12-8-10-13(11-9-12)15(2,3)4/h8-11,14,17H,7H2,1-6H3. The summed E-state index contributed by atoms with van der Waals surface area (Å²) in [6, 6.07) is 8.17. The second-order valence-electron chi connectivity index (χ2n) is 6.14. The van der Waals surface area contributed by atoms with Crippen molar-refractivity contribution < 1.29 is 9.84 Å². The third-order valence-corrected chi connectivity index (χ3v) is 3.84. The van der Waals surface area contributed by atoms with E-state index in [9.17, 15) is 5.11 Å². The maximum Gasteiger partial charge on any atom is 0.108 e. The first-order valence-corrected chi connectivity index (χ1v) is 6.58. The quantitative estimate of drug-likeness (QED) is 0.880. The fourth-order valence-corrected chi connectivity index (χ4v) is 1.97. The third-order valence-electron chi connectivity index (χ3n) is 3.84. The van der Waals surface area contributed by atoms with Crippen LogP contribution in [-0.4, -0.2) is 17.8 Å². The van der Waals surface area contributed by atoms with E-state index in [0.29, 0.717) is 0 Å². The van der Waals surface area contributed by atoms with Gasteiger partial charge in [-0.1, -0.05) is 52.0 Å². The Labute approximate surface area is 111 Å². The van der Waals surface area contributed by atoms with Gasteiger partial charge in [-0.15, -0.1) is 0 Å². The van der Waals surface area contributed by atoms with Crippen LogP contribution in [0.25, 0.3) is 0 Å². The van der Waals surface area contributed by atoms with Crippen LogP contribution in [0.5, 0.6) is 0 Å². The summed E-state index contributed by atoms with van der Waals surface area (Å²) in [5, 5.41) is 10.4. The molecule has 2 nitrogen and oxygen atoms in total. The summed E-state index contributed by atoms with van der Waals surface area (Å²) in [5.41, 5.74) is 1.80. The summed E-state index contributed by atoms with van der Waals surface area (Å²) in [6.45, 7) is 10.5. The lowest BCUT2D eigenvalue weighted by atomic mass is 9.84. The molecule has 1 N–H and O–H groups in total. The Kier molecular flexibility index (Phi) is 4.57. The molecule has 2 heteroatoms. The summed E-state index contributed by atoms with van der Waals surface area (Å²) < 4.78 is 5.45. The van der Waals surface area contributed by atoms with E-state index in [-0.39, 0.29) is 5.41 Å². The molecule has 0 aliphatic carbocycles. The van der Waals surface area contributed by atoms with Crippen LogP contribution in [0.15, 0.2) is 24.3 Å². The number of benzene rings is 1. The van der Waals surface area contributed by atoms with E-state index < -0.39 is 11.7 Å². The molecule has 0 aliphatic heterocycles. The van der Waals surface area contributed by atoms with Crippen molar-refractivity contribution in [3.8, 4) is 0 Å². The molecule has 0 aliphatic rings. The number of hydrogen-bond acceptors (Lipinski definition) is 2. The molecule has 0 radical (unpaired) electrons. The van der Waals surface area contributed by atoms with Crippen LogP contribution in [0.4, 0.5) is 0 Å². The first-order chi connectivity index (χ1) is 8.24. The smallest absolute Gasteiger partial charge is 0.108 e. The molecular weight excluding hydrogens is 224 g/mol. The lowest BCUT2D eigenvalue weighted by molar-refractivity contribution is -0.0944. The highest BCUT2D eigenvalue weighted by Crippen LogP contribution is 2.32. The van der Waals surface area contributed by atoms with Crippen LogP contribution in [0, 0.1) is 0 Å². The molecule has 0 saturated carbocycles. The monoisotopic (exact) mass is 250 g/mol. The zero-order valence-electron chi connectivity index (χ0n) is 12.4. The van der Waals surface area contributed by atoms with Crippen LogP contribution < -0.4 is 0 Å². The highest BCUT2D eigenvalue weighted by Gasteiger charge is 2.32. The minimum absolute atomic E-state index is 0.138. The van der Waals surface area contributed by atoms with Crippen LogP contribution in [0.1, 0.15) is 58.3 Å². The minimum atomic E-state index is -0.596. The summed E-state index contributed by atoms with van der Waals surface area (Å²) >= 11 is 0. The molecule has 1 rings (SSSR count). The highest BCUT2D eigenvalue weighted by atomic mass is 16.5. The Balaban J connectivity index is 2.99. The van der Waals surface area contributed by atoms with Gasteiger partial charge in [0.1, 0.15) is 6.10 Å². The van der Waals surface area contributed by atoms with Gasteiger partial charge < -0.3 is 9.84 Å². The Morgan fingerprint density at radius 1 is 1.11 bits per heavy atom. The van der Waals surface area contributed by atoms with Crippen LogP contribution in [0.3, 0.4) is 0 Å². The number of aliphatic hydroxyl groups is 1. The van der Waals surface area contributed by atoms with E-state index in [1.54, 1.807) is 7.11 Å². The van der Waals surface area contributed by atoms with Crippen molar-refractivity contribution in [2.45, 2.75) is 58.2 Å². The van der Waals surface area contributed by atoms with E-state index in [4.69, 9.17) is 4.74 Å². The van der Waals surface area contributed by atoms with Crippen molar-refractivity contribution in [2.75, 3.05) is 7.11 Å². The maximum absolute atomic E-state index is 10.4. The Morgan fingerprint density at radius 3 is 1.94 bits per heavy atom. The number of rotatable bonds is 4. The largest absolute Gasteiger partial charge is 0.385 e. The van der Waals surface area contributed by atoms with Gasteiger partial charge in [0.25, 0.3) is 0 Å². The average molecular weight is 250 g/mol. The Morgan fingerprint density at radius 2 is 1.61 bits per heavy atom. The van der Waals surface area contributed by atoms with Crippen LogP contribution in [-0.2, 0) is 10.2 Å². The van der Waals surface area contributed by atoms with Gasteiger partial charge in [-0.3, -0.25) is 0 Å². The molecule has 102 valence electrons. The molecule has 0 saturated heterocycles. The fraction of sp³-hybridized carbons (Fsp3) is 0.625. The third kappa shape index (κ3) is 3.12. The maximum atomic E-state index is 10.4. The number of ether oxygens (including phenoxy) is 1. The number of hydrogen-bond donors (Lipinski definition) is 1. The molecule has 0 fully saturated rings. The van der Waals surface area contributed by atoms with Gasteiger partial charge >= 0.3 is 0 Å². The van der Waals surface area contributed by atoms with Gasteiger partial charge in [0.15, 0.2) is 0 Å². The Bertz CT molecular complexity index is 369. The summed E-state index contributed by atoms with van der Waals surface area (Å²) in [5.74, 6) is 0. The molecule has 2 unspecified atom stereocenters. The highest BCUT2D eigenvalue weighted by molar-refractivity contribution is 5.29. The van der Waals surface area contributed by atoms with Crippen molar-refractivity contribution >= 4 is 0 Å². The van der Waals surface area contributed by atoms with E-state index in [1.807, 2.05) is 26.0 Å². The molecule has 0 amide bonds. The van der Waals surface area contributed by atoms with Gasteiger partial charge in [0.05, 0.1) is 5.60 Å². The minimum Gasteiger partial charge on any atom is -0.385 e. The van der Waals surface area contributed by atoms with Gasteiger partial charge in [-0.2, -0.15) is 0 Å². The lowest BCUT2D eigenvalue weighted by Crippen LogP contribution is -2.34. The predicted octanol–water partition coefficient (Wildman–Crippen LogP) is 3.83. The average Bonchev–Trinajstić information content (AvgIpc) is 2.36. The normalized spacial score (nSPS) is 17.3. The van der Waals surface area contributed by atoms with Gasteiger partial charge in [0.2, 0.25) is 0 Å². The van der Waals surface area contributed by atoms with Crippen molar-refractivity contribution in [3.63, 3.8) is 0 Å². The van der Waals surface area contributed by atoms with Crippen molar-refractivity contribution in [1.29, 1.82) is 0 Å². The zero-order valence-corrected chi connectivity index (χ0v) is 12.4. The Hall–Kier alpha value is -0.860. The second kappa shape index (κ2) is 5.41. The molecule has 0 spiro atoms. The molecule has 0 heterocycles. The first kappa shape index (κ1) is 15.2. The summed E-state index contributed by atoms with van der Waals surface area (Å²) in [7, 11) is 1.65. The number of aliphatic hydroxyl groups excluding tert-OH is 1. The molecule has 1 aromatic carbocycles.